The molecule has 0 heterocycles. The van der Waals surface area contributed by atoms with Crippen LogP contribution in [0.2, 0.25) is 0 Å². The molecule has 1 rings (SSSR count). The van der Waals surface area contributed by atoms with E-state index in [1.54, 1.807) is 35.6 Å². The van der Waals surface area contributed by atoms with Crippen molar-refractivity contribution in [2.24, 2.45) is 5.73 Å². The van der Waals surface area contributed by atoms with Crippen LogP contribution in [0.5, 0.6) is 0 Å². The maximum atomic E-state index is 11.9. The van der Waals surface area contributed by atoms with E-state index in [4.69, 9.17) is 5.73 Å². The van der Waals surface area contributed by atoms with Gasteiger partial charge in [-0.15, -0.1) is 0 Å². The molecule has 0 aliphatic heterocycles. The van der Waals surface area contributed by atoms with Crippen molar-refractivity contribution in [2.45, 2.75) is 18.6 Å². The molecule has 0 spiro atoms. The second-order valence-electron chi connectivity index (χ2n) is 4.39. The lowest BCUT2D eigenvalue weighted by molar-refractivity contribution is -0.138. The molecule has 1 unspecified atom stereocenters. The maximum Gasteiger partial charge on any atom is 0.405 e. The standard InChI is InChI=1S/C13H16F3N3O2/c14-13(15,16)8-19-12(21)7-18-11(20)6-10(17)9-4-2-1-3-5-9/h1-5,10H,6-8,17H2,(H,18,20)(H,19,21). The van der Waals surface area contributed by atoms with Gasteiger partial charge in [-0.2, -0.15) is 13.2 Å². The van der Waals surface area contributed by atoms with Gasteiger partial charge in [-0.05, 0) is 5.56 Å². The molecule has 8 heteroatoms. The molecule has 0 bridgehead atoms. The largest absolute Gasteiger partial charge is 0.405 e. The number of carbonyl (C=O) groups is 2. The van der Waals surface area contributed by atoms with Crippen molar-refractivity contribution >= 4 is 11.8 Å². The van der Waals surface area contributed by atoms with Crippen molar-refractivity contribution in [3.05, 3.63) is 35.9 Å². The Bertz CT molecular complexity index is 477. The molecule has 4 N–H and O–H groups in total. The van der Waals surface area contributed by atoms with Crippen molar-refractivity contribution in [2.75, 3.05) is 13.1 Å². The van der Waals surface area contributed by atoms with Crippen LogP contribution in [-0.2, 0) is 9.59 Å². The second-order valence-corrected chi connectivity index (χ2v) is 4.39. The molecule has 116 valence electrons. The molecule has 2 amide bonds. The lowest BCUT2D eigenvalue weighted by Crippen LogP contribution is -2.41. The van der Waals surface area contributed by atoms with Crippen molar-refractivity contribution in [1.82, 2.24) is 10.6 Å². The van der Waals surface area contributed by atoms with E-state index in [-0.39, 0.29) is 6.42 Å². The predicted octanol–water partition coefficient (Wildman–Crippen LogP) is 0.871. The zero-order valence-corrected chi connectivity index (χ0v) is 11.1. The molecule has 1 atom stereocenters. The Morgan fingerprint density at radius 1 is 1.10 bits per heavy atom. The average Bonchev–Trinajstić information content (AvgIpc) is 2.43. The molecule has 1 aromatic rings. The van der Waals surface area contributed by atoms with Crippen molar-refractivity contribution < 1.29 is 22.8 Å². The molecular weight excluding hydrogens is 287 g/mol. The topological polar surface area (TPSA) is 84.2 Å². The van der Waals surface area contributed by atoms with E-state index >= 15 is 0 Å². The van der Waals surface area contributed by atoms with Crippen LogP contribution >= 0.6 is 0 Å². The first-order valence-corrected chi connectivity index (χ1v) is 6.18. The van der Waals surface area contributed by atoms with Crippen LogP contribution in [0.3, 0.4) is 0 Å². The van der Waals surface area contributed by atoms with Gasteiger partial charge in [0.2, 0.25) is 11.8 Å². The minimum Gasteiger partial charge on any atom is -0.347 e. The van der Waals surface area contributed by atoms with Gasteiger partial charge >= 0.3 is 6.18 Å². The Kier molecular flexibility index (Phi) is 6.16. The Morgan fingerprint density at radius 2 is 1.71 bits per heavy atom. The van der Waals surface area contributed by atoms with Gasteiger partial charge in [0.1, 0.15) is 6.54 Å². The summed E-state index contributed by atoms with van der Waals surface area (Å²) >= 11 is 0. The fraction of sp³-hybridized carbons (Fsp3) is 0.385. The van der Waals surface area contributed by atoms with Crippen LogP contribution in [0, 0.1) is 0 Å². The molecule has 0 fully saturated rings. The highest BCUT2D eigenvalue weighted by Gasteiger charge is 2.27. The summed E-state index contributed by atoms with van der Waals surface area (Å²) in [5.74, 6) is -1.41. The number of hydrogen-bond acceptors (Lipinski definition) is 3. The minimum absolute atomic E-state index is 0.0590. The maximum absolute atomic E-state index is 11.9. The van der Waals surface area contributed by atoms with Crippen LogP contribution in [0.25, 0.3) is 0 Å². The number of carbonyl (C=O) groups excluding carboxylic acids is 2. The molecule has 0 aliphatic carbocycles. The highest BCUT2D eigenvalue weighted by atomic mass is 19.4. The summed E-state index contributed by atoms with van der Waals surface area (Å²) in [7, 11) is 0. The van der Waals surface area contributed by atoms with E-state index in [0.29, 0.717) is 0 Å². The van der Waals surface area contributed by atoms with E-state index in [9.17, 15) is 22.8 Å². The summed E-state index contributed by atoms with van der Waals surface area (Å²) in [5.41, 5.74) is 6.57. The van der Waals surface area contributed by atoms with Gasteiger partial charge in [0, 0.05) is 12.5 Å². The Balaban J connectivity index is 2.29. The number of alkyl halides is 3. The van der Waals surface area contributed by atoms with E-state index in [1.807, 2.05) is 0 Å². The highest BCUT2D eigenvalue weighted by molar-refractivity contribution is 5.84. The van der Waals surface area contributed by atoms with Gasteiger partial charge in [-0.3, -0.25) is 9.59 Å². The molecule has 0 aromatic heterocycles. The third kappa shape index (κ3) is 7.31. The third-order valence-corrected chi connectivity index (χ3v) is 2.57. The lowest BCUT2D eigenvalue weighted by atomic mass is 10.0. The Morgan fingerprint density at radius 3 is 2.29 bits per heavy atom. The zero-order valence-electron chi connectivity index (χ0n) is 11.1. The Hall–Kier alpha value is -2.09. The quantitative estimate of drug-likeness (QED) is 0.729. The molecular formula is C13H16F3N3O2. The molecule has 0 saturated heterocycles. The number of hydrogen-bond donors (Lipinski definition) is 3. The first-order chi connectivity index (χ1) is 9.78. The van der Waals surface area contributed by atoms with Gasteiger partial charge in [-0.1, -0.05) is 30.3 Å². The Labute approximate surface area is 119 Å². The fourth-order valence-corrected chi connectivity index (χ4v) is 1.53. The SMILES string of the molecule is NC(CC(=O)NCC(=O)NCC(F)(F)F)c1ccccc1. The summed E-state index contributed by atoms with van der Waals surface area (Å²) in [4.78, 5) is 22.6. The first kappa shape index (κ1) is 17.0. The fourth-order valence-electron chi connectivity index (χ4n) is 1.53. The number of benzene rings is 1. The lowest BCUT2D eigenvalue weighted by Gasteiger charge is -2.12. The van der Waals surface area contributed by atoms with Gasteiger partial charge in [0.15, 0.2) is 0 Å². The summed E-state index contributed by atoms with van der Waals surface area (Å²) in [5, 5.41) is 3.87. The normalized spacial score (nSPS) is 12.6. The van der Waals surface area contributed by atoms with E-state index in [1.165, 1.54) is 0 Å². The van der Waals surface area contributed by atoms with Crippen LogP contribution in [-0.4, -0.2) is 31.1 Å². The number of rotatable bonds is 6. The minimum atomic E-state index is -4.48. The number of nitrogens with one attached hydrogen (secondary N) is 2. The number of amides is 2. The monoisotopic (exact) mass is 303 g/mol. The number of halogens is 3. The van der Waals surface area contributed by atoms with Crippen LogP contribution < -0.4 is 16.4 Å². The second kappa shape index (κ2) is 7.63. The van der Waals surface area contributed by atoms with Crippen molar-refractivity contribution in [1.29, 1.82) is 0 Å². The summed E-state index contributed by atoms with van der Waals surface area (Å²) in [6, 6.07) is 8.34. The summed E-state index contributed by atoms with van der Waals surface area (Å²) in [6.07, 6.45) is -4.54. The predicted molar refractivity (Wildman–Crippen MR) is 70.1 cm³/mol. The van der Waals surface area contributed by atoms with Gasteiger partial charge in [-0.25, -0.2) is 0 Å². The molecule has 0 radical (unpaired) electrons. The van der Waals surface area contributed by atoms with Gasteiger partial charge in [0.25, 0.3) is 0 Å². The third-order valence-electron chi connectivity index (χ3n) is 2.57. The average molecular weight is 303 g/mol. The van der Waals surface area contributed by atoms with Crippen LogP contribution in [0.4, 0.5) is 13.2 Å². The van der Waals surface area contributed by atoms with E-state index < -0.39 is 37.1 Å². The number of nitrogens with two attached hydrogens (primary N) is 1. The zero-order chi connectivity index (χ0) is 15.9. The summed E-state index contributed by atoms with van der Waals surface area (Å²) in [6.45, 7) is -1.94. The van der Waals surface area contributed by atoms with E-state index in [0.717, 1.165) is 5.56 Å². The molecule has 21 heavy (non-hydrogen) atoms. The van der Waals surface area contributed by atoms with Crippen LogP contribution in [0.1, 0.15) is 18.0 Å². The van der Waals surface area contributed by atoms with Crippen molar-refractivity contribution in [3.63, 3.8) is 0 Å². The highest BCUT2D eigenvalue weighted by Crippen LogP contribution is 2.13. The van der Waals surface area contributed by atoms with Crippen molar-refractivity contribution in [3.8, 4) is 0 Å². The van der Waals surface area contributed by atoms with Crippen LogP contribution in [0.15, 0.2) is 30.3 Å². The smallest absolute Gasteiger partial charge is 0.347 e. The molecule has 0 saturated carbocycles. The molecule has 5 nitrogen and oxygen atoms in total. The van der Waals surface area contributed by atoms with Gasteiger partial charge in [0.05, 0.1) is 6.54 Å². The van der Waals surface area contributed by atoms with E-state index in [2.05, 4.69) is 5.32 Å². The molecule has 0 aliphatic rings. The van der Waals surface area contributed by atoms with Gasteiger partial charge < -0.3 is 16.4 Å². The molecule has 1 aromatic carbocycles. The summed E-state index contributed by atoms with van der Waals surface area (Å²) < 4.78 is 35.6. The first-order valence-electron chi connectivity index (χ1n) is 6.18.